The van der Waals surface area contributed by atoms with Crippen molar-refractivity contribution in [1.29, 1.82) is 0 Å². The summed E-state index contributed by atoms with van der Waals surface area (Å²) < 4.78 is 15.0. The molecule has 5 rings (SSSR count). The number of carbonyl (C=O) groups is 2. The van der Waals surface area contributed by atoms with Gasteiger partial charge < -0.3 is 31.9 Å². The SMILES string of the molecule is Nc1ccc(CNC(=O)Nc2ccc(-c3ncc(C(=O)NCCN4CCCCC4)c(Nc4ccccc4)n3)cc2F)cn1. The number of likely N-dealkylation sites (tertiary alicyclic amines) is 1. The van der Waals surface area contributed by atoms with Crippen LogP contribution in [0.4, 0.5) is 32.2 Å². The lowest BCUT2D eigenvalue weighted by Crippen LogP contribution is -2.37. The van der Waals surface area contributed by atoms with Crippen molar-refractivity contribution < 1.29 is 14.0 Å². The van der Waals surface area contributed by atoms with Crippen molar-refractivity contribution >= 4 is 34.9 Å². The number of urea groups is 1. The molecule has 12 heteroatoms. The van der Waals surface area contributed by atoms with E-state index in [2.05, 4.69) is 41.1 Å². The highest BCUT2D eigenvalue weighted by molar-refractivity contribution is 5.99. The lowest BCUT2D eigenvalue weighted by Gasteiger charge is -2.26. The first kappa shape index (κ1) is 29.4. The number of anilines is 4. The van der Waals surface area contributed by atoms with E-state index in [9.17, 15) is 9.59 Å². The Bertz CT molecular complexity index is 1550. The number of piperidine rings is 1. The van der Waals surface area contributed by atoms with Crippen LogP contribution in [0.25, 0.3) is 11.4 Å². The Balaban J connectivity index is 1.28. The molecule has 0 radical (unpaired) electrons. The Morgan fingerprint density at radius 1 is 0.930 bits per heavy atom. The molecule has 2 aromatic heterocycles. The molecule has 1 aliphatic heterocycles. The van der Waals surface area contributed by atoms with E-state index >= 15 is 4.39 Å². The number of nitrogens with one attached hydrogen (secondary N) is 4. The molecule has 0 atom stereocenters. The predicted octanol–water partition coefficient (Wildman–Crippen LogP) is 4.54. The highest BCUT2D eigenvalue weighted by Gasteiger charge is 2.18. The fourth-order valence-electron chi connectivity index (χ4n) is 4.69. The Labute approximate surface area is 249 Å². The molecule has 0 spiro atoms. The number of benzene rings is 2. The van der Waals surface area contributed by atoms with Gasteiger partial charge in [0.25, 0.3) is 5.91 Å². The van der Waals surface area contributed by atoms with E-state index in [0.29, 0.717) is 23.7 Å². The number of pyridine rings is 1. The molecule has 43 heavy (non-hydrogen) atoms. The molecular formula is C31H34FN9O2. The Morgan fingerprint density at radius 3 is 2.49 bits per heavy atom. The first-order chi connectivity index (χ1) is 20.9. The fourth-order valence-corrected chi connectivity index (χ4v) is 4.69. The van der Waals surface area contributed by atoms with Crippen LogP contribution in [0.3, 0.4) is 0 Å². The van der Waals surface area contributed by atoms with Gasteiger partial charge in [0.15, 0.2) is 5.82 Å². The van der Waals surface area contributed by atoms with E-state index in [1.807, 2.05) is 30.3 Å². The number of amides is 3. The molecule has 11 nitrogen and oxygen atoms in total. The third-order valence-electron chi connectivity index (χ3n) is 7.01. The van der Waals surface area contributed by atoms with Gasteiger partial charge in [-0.3, -0.25) is 4.79 Å². The van der Waals surface area contributed by atoms with Crippen LogP contribution in [-0.4, -0.2) is 58.0 Å². The van der Waals surface area contributed by atoms with Crippen LogP contribution in [0.2, 0.25) is 0 Å². The molecule has 0 saturated carbocycles. The van der Waals surface area contributed by atoms with Crippen molar-refractivity contribution in [3.8, 4) is 11.4 Å². The molecule has 3 amide bonds. The number of nitrogens with two attached hydrogens (primary N) is 1. The summed E-state index contributed by atoms with van der Waals surface area (Å²) in [6.45, 7) is 3.58. The highest BCUT2D eigenvalue weighted by Crippen LogP contribution is 2.25. The second kappa shape index (κ2) is 14.2. The monoisotopic (exact) mass is 583 g/mol. The Hall–Kier alpha value is -5.10. The molecule has 1 fully saturated rings. The van der Waals surface area contributed by atoms with Gasteiger partial charge in [0, 0.05) is 43.3 Å². The quantitative estimate of drug-likeness (QED) is 0.183. The van der Waals surface area contributed by atoms with E-state index < -0.39 is 11.8 Å². The zero-order chi connectivity index (χ0) is 30.0. The van der Waals surface area contributed by atoms with E-state index in [0.717, 1.165) is 30.9 Å². The van der Waals surface area contributed by atoms with E-state index in [1.54, 1.807) is 24.4 Å². The number of hydrogen-bond acceptors (Lipinski definition) is 8. The summed E-state index contributed by atoms with van der Waals surface area (Å²) in [5, 5.41) is 11.3. The Morgan fingerprint density at radius 2 is 1.74 bits per heavy atom. The van der Waals surface area contributed by atoms with Crippen molar-refractivity contribution in [2.24, 2.45) is 0 Å². The van der Waals surface area contributed by atoms with Crippen molar-refractivity contribution in [2.75, 3.05) is 42.5 Å². The summed E-state index contributed by atoms with van der Waals surface area (Å²) in [6, 6.07) is 16.4. The summed E-state index contributed by atoms with van der Waals surface area (Å²) in [7, 11) is 0. The third kappa shape index (κ3) is 8.23. The minimum atomic E-state index is -0.664. The molecule has 222 valence electrons. The zero-order valence-corrected chi connectivity index (χ0v) is 23.6. The van der Waals surface area contributed by atoms with Gasteiger partial charge in [-0.2, -0.15) is 0 Å². The molecular weight excluding hydrogens is 549 g/mol. The van der Waals surface area contributed by atoms with Crippen molar-refractivity contribution in [2.45, 2.75) is 25.8 Å². The minimum absolute atomic E-state index is 0.0102. The van der Waals surface area contributed by atoms with Crippen LogP contribution in [0.5, 0.6) is 0 Å². The highest BCUT2D eigenvalue weighted by atomic mass is 19.1. The van der Waals surface area contributed by atoms with Gasteiger partial charge in [0.05, 0.1) is 5.69 Å². The third-order valence-corrected chi connectivity index (χ3v) is 7.01. The summed E-state index contributed by atoms with van der Waals surface area (Å²) >= 11 is 0. The van der Waals surface area contributed by atoms with Crippen molar-refractivity contribution in [3.63, 3.8) is 0 Å². The van der Waals surface area contributed by atoms with Crippen LogP contribution in [-0.2, 0) is 6.54 Å². The normalized spacial score (nSPS) is 13.2. The van der Waals surface area contributed by atoms with Gasteiger partial charge in [-0.25, -0.2) is 24.1 Å². The molecule has 3 heterocycles. The maximum atomic E-state index is 15.0. The second-order valence-electron chi connectivity index (χ2n) is 10.2. The molecule has 6 N–H and O–H groups in total. The number of halogens is 1. The van der Waals surface area contributed by atoms with Gasteiger partial charge in [-0.05, 0) is 67.9 Å². The van der Waals surface area contributed by atoms with Crippen LogP contribution in [0.1, 0.15) is 35.2 Å². The minimum Gasteiger partial charge on any atom is -0.384 e. The van der Waals surface area contributed by atoms with Crippen LogP contribution in [0.15, 0.2) is 73.1 Å². The van der Waals surface area contributed by atoms with Crippen molar-refractivity contribution in [1.82, 2.24) is 30.5 Å². The van der Waals surface area contributed by atoms with E-state index in [1.165, 1.54) is 37.6 Å². The summed E-state index contributed by atoms with van der Waals surface area (Å²) in [5.41, 5.74) is 7.70. The summed E-state index contributed by atoms with van der Waals surface area (Å²) in [5.74, 6) is -0.0701. The summed E-state index contributed by atoms with van der Waals surface area (Å²) in [4.78, 5) is 40.8. The van der Waals surface area contributed by atoms with Gasteiger partial charge in [-0.1, -0.05) is 30.7 Å². The van der Waals surface area contributed by atoms with Crippen LogP contribution < -0.4 is 27.0 Å². The van der Waals surface area contributed by atoms with Crippen LogP contribution >= 0.6 is 0 Å². The summed E-state index contributed by atoms with van der Waals surface area (Å²) in [6.07, 6.45) is 6.61. The average Bonchev–Trinajstić information content (AvgIpc) is 3.03. The molecule has 4 aromatic rings. The number of hydrogen-bond donors (Lipinski definition) is 5. The largest absolute Gasteiger partial charge is 0.384 e. The smallest absolute Gasteiger partial charge is 0.319 e. The second-order valence-corrected chi connectivity index (χ2v) is 10.2. The topological polar surface area (TPSA) is 150 Å². The number of para-hydroxylation sites is 1. The molecule has 0 aliphatic carbocycles. The average molecular weight is 584 g/mol. The number of nitrogens with zero attached hydrogens (tertiary/aromatic N) is 4. The van der Waals surface area contributed by atoms with Crippen LogP contribution in [0, 0.1) is 5.82 Å². The molecule has 2 aromatic carbocycles. The number of aromatic nitrogens is 3. The first-order valence-electron chi connectivity index (χ1n) is 14.2. The number of carbonyl (C=O) groups excluding carboxylic acids is 2. The predicted molar refractivity (Wildman–Crippen MR) is 164 cm³/mol. The van der Waals surface area contributed by atoms with Gasteiger partial charge >= 0.3 is 6.03 Å². The van der Waals surface area contributed by atoms with Crippen molar-refractivity contribution in [3.05, 3.63) is 90.0 Å². The van der Waals surface area contributed by atoms with Gasteiger partial charge in [-0.15, -0.1) is 0 Å². The van der Waals surface area contributed by atoms with E-state index in [-0.39, 0.29) is 29.5 Å². The lowest BCUT2D eigenvalue weighted by molar-refractivity contribution is 0.0946. The van der Waals surface area contributed by atoms with Gasteiger partial charge in [0.2, 0.25) is 0 Å². The fraction of sp³-hybridized carbons (Fsp3) is 0.258. The number of rotatable bonds is 10. The standard InChI is InChI=1S/C31H34FN9O2/c32-25-17-22(10-11-26(25)39-31(43)37-19-21-9-12-27(33)35-18-21)28-36-20-24(29(40-28)38-23-7-3-1-4-8-23)30(42)34-13-16-41-14-5-2-6-15-41/h1,3-4,7-12,17-18,20H,2,5-6,13-16,19H2,(H2,33,35)(H,34,42)(H,36,38,40)(H2,37,39,43). The lowest BCUT2D eigenvalue weighted by atomic mass is 10.1. The maximum absolute atomic E-state index is 15.0. The Kier molecular flexibility index (Phi) is 9.70. The molecule has 0 unspecified atom stereocenters. The maximum Gasteiger partial charge on any atom is 0.319 e. The van der Waals surface area contributed by atoms with E-state index in [4.69, 9.17) is 5.73 Å². The van der Waals surface area contributed by atoms with Gasteiger partial charge in [0.1, 0.15) is 23.0 Å². The molecule has 1 saturated heterocycles. The molecule has 0 bridgehead atoms. The number of nitrogen functional groups attached to an aromatic ring is 1. The zero-order valence-electron chi connectivity index (χ0n) is 23.6. The molecule has 1 aliphatic rings. The first-order valence-corrected chi connectivity index (χ1v) is 14.2.